The highest BCUT2D eigenvalue weighted by molar-refractivity contribution is 5.81. The maximum atomic E-state index is 11.7. The lowest BCUT2D eigenvalue weighted by Gasteiger charge is -2.36. The van der Waals surface area contributed by atoms with Gasteiger partial charge in [0.05, 0.1) is 6.61 Å². The van der Waals surface area contributed by atoms with Crippen LogP contribution in [0.15, 0.2) is 4.99 Å². The van der Waals surface area contributed by atoms with E-state index in [0.29, 0.717) is 25.7 Å². The zero-order valence-corrected chi connectivity index (χ0v) is 13.5. The van der Waals surface area contributed by atoms with Crippen LogP contribution in [0.25, 0.3) is 0 Å². The van der Waals surface area contributed by atoms with Crippen LogP contribution < -0.4 is 5.32 Å². The molecule has 2 rings (SSSR count). The second kappa shape index (κ2) is 7.52. The monoisotopic (exact) mass is 296 g/mol. The van der Waals surface area contributed by atoms with Crippen LogP contribution in [0.3, 0.4) is 0 Å². The van der Waals surface area contributed by atoms with Gasteiger partial charge in [-0.2, -0.15) is 0 Å². The number of aliphatic imine (C=N–C) groups is 1. The molecule has 0 spiro atoms. The molecule has 1 aliphatic heterocycles. The number of nitrogens with zero attached hydrogens (tertiary/aromatic N) is 3. The van der Waals surface area contributed by atoms with Crippen LogP contribution >= 0.6 is 0 Å². The number of piperazine rings is 1. The van der Waals surface area contributed by atoms with Crippen molar-refractivity contribution >= 4 is 12.1 Å². The Bertz CT molecular complexity index is 378. The fraction of sp³-hybridized carbons (Fsp3) is 0.867. The number of guanidine groups is 1. The smallest absolute Gasteiger partial charge is 0.409 e. The Kier molecular flexibility index (Phi) is 5.70. The van der Waals surface area contributed by atoms with Crippen molar-refractivity contribution in [3.63, 3.8) is 0 Å². The van der Waals surface area contributed by atoms with Gasteiger partial charge in [0.2, 0.25) is 0 Å². The largest absolute Gasteiger partial charge is 0.450 e. The molecule has 0 bridgehead atoms. The number of rotatable bonds is 4. The second-order valence-electron chi connectivity index (χ2n) is 5.76. The van der Waals surface area contributed by atoms with Crippen LogP contribution in [0.5, 0.6) is 0 Å². The Morgan fingerprint density at radius 1 is 1.24 bits per heavy atom. The summed E-state index contributed by atoms with van der Waals surface area (Å²) in [6, 6.07) is 0.590. The van der Waals surface area contributed by atoms with Gasteiger partial charge in [-0.25, -0.2) is 4.79 Å². The van der Waals surface area contributed by atoms with Gasteiger partial charge in [-0.05, 0) is 25.7 Å². The van der Waals surface area contributed by atoms with Crippen molar-refractivity contribution in [2.45, 2.75) is 39.2 Å². The second-order valence-corrected chi connectivity index (χ2v) is 5.76. The number of hydrogen-bond donors (Lipinski definition) is 1. The molecule has 0 aromatic rings. The van der Waals surface area contributed by atoms with Crippen molar-refractivity contribution in [3.05, 3.63) is 0 Å². The first-order chi connectivity index (χ1) is 10.2. The average Bonchev–Trinajstić information content (AvgIpc) is 3.23. The number of ether oxygens (including phenoxy) is 1. The van der Waals surface area contributed by atoms with Crippen molar-refractivity contribution in [1.82, 2.24) is 15.1 Å². The van der Waals surface area contributed by atoms with E-state index in [1.807, 2.05) is 14.0 Å². The highest BCUT2D eigenvalue weighted by atomic mass is 16.6. The zero-order chi connectivity index (χ0) is 15.2. The van der Waals surface area contributed by atoms with Crippen molar-refractivity contribution in [2.75, 3.05) is 39.8 Å². The van der Waals surface area contributed by atoms with E-state index in [1.165, 1.54) is 19.3 Å². The van der Waals surface area contributed by atoms with Gasteiger partial charge in [0.25, 0.3) is 0 Å². The zero-order valence-electron chi connectivity index (χ0n) is 13.5. The summed E-state index contributed by atoms with van der Waals surface area (Å²) in [5.41, 5.74) is 0. The molecule has 2 unspecified atom stereocenters. The van der Waals surface area contributed by atoms with E-state index in [2.05, 4.69) is 22.1 Å². The Labute approximate surface area is 127 Å². The third kappa shape index (κ3) is 4.25. The molecular weight excluding hydrogens is 268 g/mol. The summed E-state index contributed by atoms with van der Waals surface area (Å²) in [6.07, 6.45) is 3.60. The van der Waals surface area contributed by atoms with Crippen LogP contribution in [0.2, 0.25) is 0 Å². The molecule has 2 aliphatic rings. The quantitative estimate of drug-likeness (QED) is 0.631. The molecular formula is C15H28N4O2. The Morgan fingerprint density at radius 2 is 1.90 bits per heavy atom. The Balaban J connectivity index is 1.76. The van der Waals surface area contributed by atoms with Gasteiger partial charge in [-0.15, -0.1) is 0 Å². The molecule has 0 aromatic heterocycles. The minimum atomic E-state index is -0.203. The highest BCUT2D eigenvalue weighted by Gasteiger charge is 2.37. The summed E-state index contributed by atoms with van der Waals surface area (Å²) >= 11 is 0. The van der Waals surface area contributed by atoms with Crippen LogP contribution in [0, 0.1) is 5.92 Å². The topological polar surface area (TPSA) is 57.2 Å². The molecule has 0 radical (unpaired) electrons. The molecule has 1 saturated heterocycles. The van der Waals surface area contributed by atoms with Crippen LogP contribution in [0.1, 0.15) is 33.1 Å². The highest BCUT2D eigenvalue weighted by Crippen LogP contribution is 2.34. The lowest BCUT2D eigenvalue weighted by Crippen LogP contribution is -2.54. The Morgan fingerprint density at radius 3 is 2.48 bits per heavy atom. The predicted octanol–water partition coefficient (Wildman–Crippen LogP) is 1.52. The molecule has 6 heteroatoms. The minimum Gasteiger partial charge on any atom is -0.450 e. The average molecular weight is 296 g/mol. The molecule has 1 aliphatic carbocycles. The molecule has 120 valence electrons. The summed E-state index contributed by atoms with van der Waals surface area (Å²) in [6.45, 7) is 7.52. The van der Waals surface area contributed by atoms with Gasteiger partial charge in [-0.1, -0.05) is 13.3 Å². The molecule has 1 heterocycles. The molecule has 6 nitrogen and oxygen atoms in total. The number of amides is 1. The molecule has 1 saturated carbocycles. The first-order valence-corrected chi connectivity index (χ1v) is 8.09. The minimum absolute atomic E-state index is 0.203. The van der Waals surface area contributed by atoms with E-state index >= 15 is 0 Å². The van der Waals surface area contributed by atoms with Gasteiger partial charge in [-0.3, -0.25) is 4.99 Å². The number of carbonyl (C=O) groups is 1. The van der Waals surface area contributed by atoms with Gasteiger partial charge in [0.15, 0.2) is 5.96 Å². The first-order valence-electron chi connectivity index (χ1n) is 8.09. The van der Waals surface area contributed by atoms with Crippen LogP contribution in [-0.2, 0) is 4.74 Å². The molecule has 1 N–H and O–H groups in total. The molecule has 1 amide bonds. The summed E-state index contributed by atoms with van der Waals surface area (Å²) in [5, 5.41) is 3.56. The molecule has 2 atom stereocenters. The fourth-order valence-electron chi connectivity index (χ4n) is 2.89. The lowest BCUT2D eigenvalue weighted by molar-refractivity contribution is 0.0914. The van der Waals surface area contributed by atoms with Crippen molar-refractivity contribution < 1.29 is 9.53 Å². The third-order valence-electron chi connectivity index (χ3n) is 4.21. The standard InChI is InChI=1S/C15H28N4O2/c1-4-6-12-11-13(12)17-14(16-3)18-7-9-19(10-8-18)15(20)21-5-2/h12-13H,4-11H2,1-3H3,(H,16,17). The van der Waals surface area contributed by atoms with E-state index in [0.717, 1.165) is 25.0 Å². The van der Waals surface area contributed by atoms with E-state index in [-0.39, 0.29) is 6.09 Å². The van der Waals surface area contributed by atoms with Crippen molar-refractivity contribution in [2.24, 2.45) is 10.9 Å². The molecule has 0 aromatic carbocycles. The maximum absolute atomic E-state index is 11.7. The Hall–Kier alpha value is -1.46. The van der Waals surface area contributed by atoms with Gasteiger partial charge in [0, 0.05) is 39.3 Å². The predicted molar refractivity (Wildman–Crippen MR) is 83.5 cm³/mol. The summed E-state index contributed by atoms with van der Waals surface area (Å²) in [4.78, 5) is 20.1. The molecule has 21 heavy (non-hydrogen) atoms. The summed E-state index contributed by atoms with van der Waals surface area (Å²) < 4.78 is 5.04. The SMILES string of the molecule is CCCC1CC1NC(=NC)N1CCN(C(=O)OCC)CC1. The van der Waals surface area contributed by atoms with Gasteiger partial charge >= 0.3 is 6.09 Å². The van der Waals surface area contributed by atoms with Crippen molar-refractivity contribution in [3.8, 4) is 0 Å². The van der Waals surface area contributed by atoms with E-state index in [9.17, 15) is 4.79 Å². The van der Waals surface area contributed by atoms with Gasteiger partial charge < -0.3 is 19.9 Å². The van der Waals surface area contributed by atoms with E-state index < -0.39 is 0 Å². The first kappa shape index (κ1) is 15.9. The van der Waals surface area contributed by atoms with Crippen LogP contribution in [0.4, 0.5) is 4.79 Å². The maximum Gasteiger partial charge on any atom is 0.409 e. The number of hydrogen-bond acceptors (Lipinski definition) is 3. The van der Waals surface area contributed by atoms with Gasteiger partial charge in [0.1, 0.15) is 0 Å². The summed E-state index contributed by atoms with van der Waals surface area (Å²) in [5.74, 6) is 1.79. The fourth-order valence-corrected chi connectivity index (χ4v) is 2.89. The van der Waals surface area contributed by atoms with Crippen LogP contribution in [-0.4, -0.2) is 67.7 Å². The lowest BCUT2D eigenvalue weighted by atomic mass is 10.2. The van der Waals surface area contributed by atoms with E-state index in [4.69, 9.17) is 4.74 Å². The normalized spacial score (nSPS) is 25.8. The number of carbonyl (C=O) groups excluding carboxylic acids is 1. The third-order valence-corrected chi connectivity index (χ3v) is 4.21. The van der Waals surface area contributed by atoms with Crippen molar-refractivity contribution in [1.29, 1.82) is 0 Å². The van der Waals surface area contributed by atoms with E-state index in [1.54, 1.807) is 4.90 Å². The number of nitrogens with one attached hydrogen (secondary N) is 1. The molecule has 2 fully saturated rings. The summed E-state index contributed by atoms with van der Waals surface area (Å²) in [7, 11) is 1.83.